The first kappa shape index (κ1) is 24.7. The third-order valence-electron chi connectivity index (χ3n) is 5.60. The molecule has 0 aliphatic heterocycles. The molecule has 1 aliphatic carbocycles. The number of hydrogen-bond acceptors (Lipinski definition) is 5. The number of fused-ring (bicyclic) bond motifs is 1. The van der Waals surface area contributed by atoms with Crippen LogP contribution in [0.25, 0.3) is 0 Å². The predicted molar refractivity (Wildman–Crippen MR) is 127 cm³/mol. The lowest BCUT2D eigenvalue weighted by Gasteiger charge is -2.21. The average molecular weight is 498 g/mol. The van der Waals surface area contributed by atoms with Crippen LogP contribution in [0.1, 0.15) is 70.0 Å². The largest absolute Gasteiger partial charge is 0.279 e. The van der Waals surface area contributed by atoms with Crippen molar-refractivity contribution in [1.29, 1.82) is 0 Å². The number of hydrazine groups is 1. The van der Waals surface area contributed by atoms with Gasteiger partial charge in [0.25, 0.3) is 11.8 Å². The molecule has 0 atom stereocenters. The predicted octanol–water partition coefficient (Wildman–Crippen LogP) is 4.16. The Labute approximate surface area is 198 Å². The van der Waals surface area contributed by atoms with Crippen molar-refractivity contribution in [3.8, 4) is 0 Å². The Morgan fingerprint density at radius 2 is 1.69 bits per heavy atom. The summed E-state index contributed by atoms with van der Waals surface area (Å²) in [6.07, 6.45) is 6.58. The minimum absolute atomic E-state index is 0.0383. The highest BCUT2D eigenvalue weighted by molar-refractivity contribution is 7.89. The molecule has 0 unspecified atom stereocenters. The Balaban J connectivity index is 1.72. The summed E-state index contributed by atoms with van der Waals surface area (Å²) in [5, 5.41) is 0.0852. The van der Waals surface area contributed by atoms with Gasteiger partial charge in [-0.2, -0.15) is 4.31 Å². The molecule has 2 aromatic rings. The highest BCUT2D eigenvalue weighted by Gasteiger charge is 2.25. The molecule has 3 rings (SSSR count). The molecule has 1 aliphatic rings. The number of sulfonamides is 1. The molecule has 1 heterocycles. The van der Waals surface area contributed by atoms with Crippen molar-refractivity contribution >= 4 is 44.8 Å². The molecule has 2 amide bonds. The van der Waals surface area contributed by atoms with E-state index in [1.807, 2.05) is 6.07 Å². The van der Waals surface area contributed by atoms with Crippen molar-refractivity contribution < 1.29 is 18.0 Å². The average Bonchev–Trinajstić information content (AvgIpc) is 3.13. The fourth-order valence-corrected chi connectivity index (χ4v) is 6.23. The third kappa shape index (κ3) is 5.51. The molecule has 0 saturated heterocycles. The van der Waals surface area contributed by atoms with Crippen LogP contribution in [-0.4, -0.2) is 37.6 Å². The lowest BCUT2D eigenvalue weighted by Crippen LogP contribution is -2.41. The molecule has 1 aromatic carbocycles. The zero-order valence-electron chi connectivity index (χ0n) is 18.4. The van der Waals surface area contributed by atoms with E-state index in [1.54, 1.807) is 13.8 Å². The van der Waals surface area contributed by atoms with Gasteiger partial charge in [0.15, 0.2) is 0 Å². The van der Waals surface area contributed by atoms with Gasteiger partial charge < -0.3 is 0 Å². The Hall–Kier alpha value is -1.94. The maximum atomic E-state index is 12.7. The monoisotopic (exact) mass is 497 g/mol. The maximum Gasteiger partial charge on any atom is 0.279 e. The Bertz CT molecular complexity index is 1090. The van der Waals surface area contributed by atoms with Crippen molar-refractivity contribution in [3.63, 3.8) is 0 Å². The number of halogens is 1. The van der Waals surface area contributed by atoms with Crippen molar-refractivity contribution in [2.45, 2.75) is 63.3 Å². The van der Waals surface area contributed by atoms with Crippen molar-refractivity contribution in [1.82, 2.24) is 15.2 Å². The van der Waals surface area contributed by atoms with Gasteiger partial charge >= 0.3 is 0 Å². The summed E-state index contributed by atoms with van der Waals surface area (Å²) in [6.45, 7) is 3.51. The van der Waals surface area contributed by atoms with Crippen LogP contribution < -0.4 is 10.9 Å². The normalized spacial score (nSPS) is 14.6. The smallest absolute Gasteiger partial charge is 0.267 e. The van der Waals surface area contributed by atoms with Crippen LogP contribution in [0.5, 0.6) is 0 Å². The molecular formula is C22H28ClN3O4S2. The number of nitrogens with zero attached hydrogens (tertiary/aromatic N) is 1. The minimum atomic E-state index is -3.78. The van der Waals surface area contributed by atoms with Gasteiger partial charge in [0.2, 0.25) is 10.0 Å². The van der Waals surface area contributed by atoms with Gasteiger partial charge in [-0.15, -0.1) is 11.3 Å². The van der Waals surface area contributed by atoms with Crippen LogP contribution in [0, 0.1) is 0 Å². The summed E-state index contributed by atoms with van der Waals surface area (Å²) < 4.78 is 26.7. The first-order chi connectivity index (χ1) is 15.1. The topological polar surface area (TPSA) is 95.6 Å². The molecule has 0 spiro atoms. The SMILES string of the molecule is CC(C)N(C)S(=O)(=O)c1ccc(Cl)c(C(=O)NNC(=O)c2cc3c(s2)CCCCCC3)c1. The molecular weight excluding hydrogens is 470 g/mol. The number of thiophene rings is 1. The van der Waals surface area contributed by atoms with Crippen LogP contribution in [-0.2, 0) is 22.9 Å². The van der Waals surface area contributed by atoms with Gasteiger partial charge in [-0.25, -0.2) is 8.42 Å². The quantitative estimate of drug-likeness (QED) is 0.606. The number of amides is 2. The number of benzene rings is 1. The fraction of sp³-hybridized carbons (Fsp3) is 0.455. The number of carbonyl (C=O) groups is 2. The molecule has 174 valence electrons. The van der Waals surface area contributed by atoms with Crippen molar-refractivity contribution in [3.05, 3.63) is 50.2 Å². The van der Waals surface area contributed by atoms with E-state index in [2.05, 4.69) is 10.9 Å². The summed E-state index contributed by atoms with van der Waals surface area (Å²) in [5.41, 5.74) is 5.94. The van der Waals surface area contributed by atoms with Crippen molar-refractivity contribution in [2.24, 2.45) is 0 Å². The van der Waals surface area contributed by atoms with E-state index in [0.29, 0.717) is 4.88 Å². The van der Waals surface area contributed by atoms with Gasteiger partial charge in [0.1, 0.15) is 0 Å². The number of nitrogens with one attached hydrogen (secondary N) is 2. The Morgan fingerprint density at radius 3 is 2.38 bits per heavy atom. The number of aryl methyl sites for hydroxylation is 2. The van der Waals surface area contributed by atoms with Crippen LogP contribution >= 0.6 is 22.9 Å². The molecule has 10 heteroatoms. The summed E-state index contributed by atoms with van der Waals surface area (Å²) in [5.74, 6) is -1.10. The van der Waals surface area contributed by atoms with Crippen LogP contribution in [0.3, 0.4) is 0 Å². The molecule has 0 bridgehead atoms. The molecule has 32 heavy (non-hydrogen) atoms. The second-order valence-electron chi connectivity index (χ2n) is 8.14. The zero-order valence-corrected chi connectivity index (χ0v) is 20.8. The van der Waals surface area contributed by atoms with E-state index < -0.39 is 21.8 Å². The number of rotatable bonds is 5. The van der Waals surface area contributed by atoms with Crippen LogP contribution in [0.2, 0.25) is 5.02 Å². The summed E-state index contributed by atoms with van der Waals surface area (Å²) >= 11 is 7.59. The van der Waals surface area contributed by atoms with Crippen molar-refractivity contribution in [2.75, 3.05) is 7.05 Å². The molecule has 1 aromatic heterocycles. The highest BCUT2D eigenvalue weighted by Crippen LogP contribution is 2.28. The van der Waals surface area contributed by atoms with E-state index in [4.69, 9.17) is 11.6 Å². The number of hydrogen-bond donors (Lipinski definition) is 2. The Morgan fingerprint density at radius 1 is 1.03 bits per heavy atom. The van der Waals surface area contributed by atoms with E-state index in [9.17, 15) is 18.0 Å². The van der Waals surface area contributed by atoms with E-state index in [0.717, 1.165) is 25.7 Å². The van der Waals surface area contributed by atoms with Gasteiger partial charge in [-0.3, -0.25) is 20.4 Å². The first-order valence-electron chi connectivity index (χ1n) is 10.6. The standard InChI is InChI=1S/C22H28ClN3O4S2/c1-14(2)26(3)32(29,30)16-10-11-18(23)17(13-16)21(27)24-25-22(28)20-12-15-8-6-4-5-7-9-19(15)31-20/h10-14H,4-9H2,1-3H3,(H,24,27)(H,25,28). The lowest BCUT2D eigenvalue weighted by molar-refractivity contribution is 0.0849. The fourth-order valence-electron chi connectivity index (χ4n) is 3.48. The Kier molecular flexibility index (Phi) is 7.97. The summed E-state index contributed by atoms with van der Waals surface area (Å²) in [4.78, 5) is 27.0. The third-order valence-corrected chi connectivity index (χ3v) is 9.19. The van der Waals surface area contributed by atoms with E-state index in [-0.39, 0.29) is 21.5 Å². The molecule has 0 fully saturated rings. The van der Waals surface area contributed by atoms with Gasteiger partial charge in [-0.05, 0) is 69.4 Å². The second kappa shape index (κ2) is 10.3. The first-order valence-corrected chi connectivity index (χ1v) is 13.2. The molecule has 0 radical (unpaired) electrons. The molecule has 0 saturated carbocycles. The van der Waals surface area contributed by atoms with Crippen LogP contribution in [0.4, 0.5) is 0 Å². The van der Waals surface area contributed by atoms with E-state index in [1.165, 1.54) is 64.2 Å². The van der Waals surface area contributed by atoms with Gasteiger partial charge in [0.05, 0.1) is 20.4 Å². The van der Waals surface area contributed by atoms with Crippen LogP contribution in [0.15, 0.2) is 29.2 Å². The lowest BCUT2D eigenvalue weighted by atomic mass is 10.00. The molecule has 2 N–H and O–H groups in total. The second-order valence-corrected chi connectivity index (χ2v) is 11.7. The highest BCUT2D eigenvalue weighted by atomic mass is 35.5. The zero-order chi connectivity index (χ0) is 23.5. The van der Waals surface area contributed by atoms with Gasteiger partial charge in [-0.1, -0.05) is 24.4 Å². The maximum absolute atomic E-state index is 12.7. The molecule has 7 nitrogen and oxygen atoms in total. The minimum Gasteiger partial charge on any atom is -0.267 e. The summed E-state index contributed by atoms with van der Waals surface area (Å²) in [7, 11) is -2.31. The van der Waals surface area contributed by atoms with Gasteiger partial charge in [0, 0.05) is 18.0 Å². The summed E-state index contributed by atoms with van der Waals surface area (Å²) in [6, 6.07) is 5.58. The number of carbonyl (C=O) groups excluding carboxylic acids is 2. The van der Waals surface area contributed by atoms with E-state index >= 15 is 0 Å².